The first kappa shape index (κ1) is 20.5. The van der Waals surface area contributed by atoms with Gasteiger partial charge in [0.15, 0.2) is 0 Å². The highest BCUT2D eigenvalue weighted by atomic mass is 32.2. The molecule has 2 aromatic rings. The van der Waals surface area contributed by atoms with E-state index in [0.29, 0.717) is 5.56 Å². The van der Waals surface area contributed by atoms with Crippen molar-refractivity contribution in [3.8, 4) is 0 Å². The highest BCUT2D eigenvalue weighted by Crippen LogP contribution is 2.22. The Labute approximate surface area is 158 Å². The summed E-state index contributed by atoms with van der Waals surface area (Å²) in [7, 11) is -3.79. The number of rotatable bonds is 7. The summed E-state index contributed by atoms with van der Waals surface area (Å²) < 4.78 is 27.6. The molecule has 0 aliphatic carbocycles. The van der Waals surface area contributed by atoms with Crippen LogP contribution in [0.2, 0.25) is 0 Å². The average molecular weight is 397 g/mol. The maximum Gasteiger partial charge on any atom is 0.270 e. The van der Waals surface area contributed by atoms with Crippen LogP contribution in [-0.2, 0) is 10.0 Å². The van der Waals surface area contributed by atoms with E-state index in [2.05, 4.69) is 20.2 Å². The van der Waals surface area contributed by atoms with Gasteiger partial charge in [0.2, 0.25) is 9.47 Å². The molecule has 1 aromatic carbocycles. The lowest BCUT2D eigenvalue weighted by molar-refractivity contribution is 0.102. The summed E-state index contributed by atoms with van der Waals surface area (Å²) in [5, 5.41) is 10.2. The number of nitrogens with zero attached hydrogens (tertiary/aromatic N) is 2. The van der Waals surface area contributed by atoms with E-state index in [4.69, 9.17) is 0 Å². The number of nitrogens with one attached hydrogen (secondary N) is 2. The van der Waals surface area contributed by atoms with Crippen molar-refractivity contribution < 1.29 is 13.2 Å². The second-order valence-electron chi connectivity index (χ2n) is 6.83. The van der Waals surface area contributed by atoms with E-state index < -0.39 is 10.0 Å². The Hall–Kier alpha value is -1.84. The molecule has 0 spiro atoms. The summed E-state index contributed by atoms with van der Waals surface area (Å²) in [6.45, 7) is 9.76. The normalized spacial score (nSPS) is 12.2. The third kappa shape index (κ3) is 5.09. The summed E-state index contributed by atoms with van der Waals surface area (Å²) in [4.78, 5) is 12.2. The van der Waals surface area contributed by atoms with Crippen LogP contribution in [0.15, 0.2) is 28.6 Å². The number of hydrogen-bond donors (Lipinski definition) is 2. The van der Waals surface area contributed by atoms with Gasteiger partial charge in [-0.1, -0.05) is 56.7 Å². The lowest BCUT2D eigenvalue weighted by atomic mass is 9.94. The van der Waals surface area contributed by atoms with Crippen LogP contribution in [0.1, 0.15) is 43.6 Å². The number of aryl methyl sites for hydroxylation is 1. The molecule has 0 radical (unpaired) electrons. The van der Waals surface area contributed by atoms with Crippen molar-refractivity contribution in [2.24, 2.45) is 11.8 Å². The van der Waals surface area contributed by atoms with E-state index >= 15 is 0 Å². The Morgan fingerprint density at radius 1 is 1.04 bits per heavy atom. The molecule has 0 bridgehead atoms. The van der Waals surface area contributed by atoms with E-state index in [1.54, 1.807) is 12.1 Å². The van der Waals surface area contributed by atoms with E-state index in [1.165, 1.54) is 0 Å². The van der Waals surface area contributed by atoms with Gasteiger partial charge in [-0.05, 0) is 30.9 Å². The lowest BCUT2D eigenvalue weighted by Crippen LogP contribution is -2.42. The lowest BCUT2D eigenvalue weighted by Gasteiger charge is -2.24. The van der Waals surface area contributed by atoms with Gasteiger partial charge in [-0.2, -0.15) is 0 Å². The van der Waals surface area contributed by atoms with Crippen LogP contribution in [0.3, 0.4) is 0 Å². The number of anilines is 1. The van der Waals surface area contributed by atoms with Crippen LogP contribution < -0.4 is 10.0 Å². The summed E-state index contributed by atoms with van der Waals surface area (Å²) >= 11 is 0.827. The van der Waals surface area contributed by atoms with Gasteiger partial charge in [-0.25, -0.2) is 13.1 Å². The van der Waals surface area contributed by atoms with Gasteiger partial charge in [-0.15, -0.1) is 10.2 Å². The first-order valence-electron chi connectivity index (χ1n) is 8.34. The van der Waals surface area contributed by atoms with Crippen LogP contribution in [0.25, 0.3) is 0 Å². The Morgan fingerprint density at radius 2 is 1.62 bits per heavy atom. The Balaban J connectivity index is 2.13. The first-order chi connectivity index (χ1) is 12.1. The average Bonchev–Trinajstić information content (AvgIpc) is 3.02. The van der Waals surface area contributed by atoms with Crippen molar-refractivity contribution >= 4 is 32.4 Å². The predicted octanol–water partition coefficient (Wildman–Crippen LogP) is 3.06. The number of sulfonamides is 1. The molecular formula is C17H24N4O3S2. The second-order valence-corrected chi connectivity index (χ2v) is 9.69. The van der Waals surface area contributed by atoms with Crippen LogP contribution in [-0.4, -0.2) is 30.6 Å². The third-order valence-electron chi connectivity index (χ3n) is 3.90. The monoisotopic (exact) mass is 396 g/mol. The third-order valence-corrected chi connectivity index (χ3v) is 6.56. The number of carbonyl (C=O) groups excluding carboxylic acids is 1. The van der Waals surface area contributed by atoms with Gasteiger partial charge in [0.25, 0.3) is 15.9 Å². The summed E-state index contributed by atoms with van der Waals surface area (Å²) in [5.41, 5.74) is 1.51. The number of hydrogen-bond acceptors (Lipinski definition) is 6. The Kier molecular flexibility index (Phi) is 6.48. The van der Waals surface area contributed by atoms with E-state index in [1.807, 2.05) is 46.8 Å². The predicted molar refractivity (Wildman–Crippen MR) is 103 cm³/mol. The fourth-order valence-corrected chi connectivity index (χ4v) is 4.96. The minimum Gasteiger partial charge on any atom is -0.296 e. The molecule has 0 aliphatic heterocycles. The van der Waals surface area contributed by atoms with Crippen molar-refractivity contribution in [2.45, 2.75) is 45.0 Å². The highest BCUT2D eigenvalue weighted by Gasteiger charge is 2.28. The van der Waals surface area contributed by atoms with Crippen molar-refractivity contribution in [1.29, 1.82) is 0 Å². The Morgan fingerprint density at radius 3 is 2.15 bits per heavy atom. The van der Waals surface area contributed by atoms with Crippen LogP contribution in [0.4, 0.5) is 5.13 Å². The zero-order chi connectivity index (χ0) is 19.5. The fourth-order valence-electron chi connectivity index (χ4n) is 2.51. The number of benzene rings is 1. The van der Waals surface area contributed by atoms with Gasteiger partial charge >= 0.3 is 0 Å². The molecule has 1 aromatic heterocycles. The molecule has 1 heterocycles. The minimum absolute atomic E-state index is 0.137. The van der Waals surface area contributed by atoms with Gasteiger partial charge in [0.05, 0.1) is 0 Å². The molecule has 2 N–H and O–H groups in total. The summed E-state index contributed by atoms with van der Waals surface area (Å²) in [5.74, 6) is -0.0860. The molecule has 9 heteroatoms. The quantitative estimate of drug-likeness (QED) is 0.701. The largest absolute Gasteiger partial charge is 0.296 e. The van der Waals surface area contributed by atoms with Crippen LogP contribution in [0, 0.1) is 18.8 Å². The molecule has 0 saturated carbocycles. The molecule has 2 rings (SSSR count). The van der Waals surface area contributed by atoms with Crippen molar-refractivity contribution in [2.75, 3.05) is 5.32 Å². The zero-order valence-electron chi connectivity index (χ0n) is 15.5. The van der Waals surface area contributed by atoms with Gasteiger partial charge in [-0.3, -0.25) is 10.1 Å². The maximum absolute atomic E-state index is 12.5. The highest BCUT2D eigenvalue weighted by molar-refractivity contribution is 7.91. The van der Waals surface area contributed by atoms with Gasteiger partial charge in [0.1, 0.15) is 0 Å². The molecule has 1 amide bonds. The molecule has 7 nitrogen and oxygen atoms in total. The smallest absolute Gasteiger partial charge is 0.270 e. The van der Waals surface area contributed by atoms with E-state index in [-0.39, 0.29) is 33.3 Å². The molecule has 0 aliphatic rings. The van der Waals surface area contributed by atoms with E-state index in [0.717, 1.165) is 16.9 Å². The number of aromatic nitrogens is 2. The van der Waals surface area contributed by atoms with Crippen molar-refractivity contribution in [3.05, 3.63) is 35.4 Å². The van der Waals surface area contributed by atoms with Crippen molar-refractivity contribution in [1.82, 2.24) is 14.9 Å². The standard InChI is InChI=1S/C17H24N4O3S2/c1-10(2)14(11(3)4)21-26(23,24)17-20-19-16(25-17)18-15(22)13-8-6-12(5)7-9-13/h6-11,14,21H,1-5H3,(H,18,19,22). The topological polar surface area (TPSA) is 101 Å². The SMILES string of the molecule is Cc1ccc(C(=O)Nc2nnc(S(=O)(=O)NC(C(C)C)C(C)C)s2)cc1. The number of carbonyl (C=O) groups is 1. The molecule has 0 saturated heterocycles. The molecule has 142 valence electrons. The first-order valence-corrected chi connectivity index (χ1v) is 10.6. The number of amides is 1. The summed E-state index contributed by atoms with van der Waals surface area (Å²) in [6.07, 6.45) is 0. The second kappa shape index (κ2) is 8.24. The van der Waals surface area contributed by atoms with E-state index in [9.17, 15) is 13.2 Å². The molecular weight excluding hydrogens is 372 g/mol. The maximum atomic E-state index is 12.5. The molecule has 26 heavy (non-hydrogen) atoms. The molecule has 0 atom stereocenters. The molecule has 0 fully saturated rings. The van der Waals surface area contributed by atoms with Crippen LogP contribution in [0.5, 0.6) is 0 Å². The minimum atomic E-state index is -3.79. The Bertz CT molecular complexity index is 850. The molecule has 0 unspecified atom stereocenters. The van der Waals surface area contributed by atoms with Gasteiger partial charge in [0, 0.05) is 11.6 Å². The van der Waals surface area contributed by atoms with Crippen LogP contribution >= 0.6 is 11.3 Å². The fraction of sp³-hybridized carbons (Fsp3) is 0.471. The summed E-state index contributed by atoms with van der Waals surface area (Å²) in [6, 6.07) is 6.83. The zero-order valence-corrected chi connectivity index (χ0v) is 17.1. The van der Waals surface area contributed by atoms with Gasteiger partial charge < -0.3 is 0 Å². The van der Waals surface area contributed by atoms with Crippen molar-refractivity contribution in [3.63, 3.8) is 0 Å².